The molecular formula is C23H23BrN4O3. The molecule has 8 heteroatoms. The minimum absolute atomic E-state index is 0.0852. The van der Waals surface area contributed by atoms with Crippen LogP contribution in [0.3, 0.4) is 0 Å². The smallest absolute Gasteiger partial charge is 0.348 e. The van der Waals surface area contributed by atoms with Crippen molar-refractivity contribution in [2.24, 2.45) is 5.73 Å². The van der Waals surface area contributed by atoms with Gasteiger partial charge in [0.25, 0.3) is 0 Å². The van der Waals surface area contributed by atoms with E-state index >= 15 is 0 Å². The van der Waals surface area contributed by atoms with E-state index in [9.17, 15) is 9.90 Å². The molecule has 3 heterocycles. The van der Waals surface area contributed by atoms with Gasteiger partial charge in [-0.25, -0.2) is 4.79 Å². The lowest BCUT2D eigenvalue weighted by atomic mass is 10.1. The van der Waals surface area contributed by atoms with Gasteiger partial charge in [-0.3, -0.25) is 9.47 Å². The molecule has 1 aliphatic rings. The third kappa shape index (κ3) is 3.59. The molecule has 1 fully saturated rings. The maximum Gasteiger partial charge on any atom is 0.348 e. The number of fused-ring (bicyclic) bond motifs is 3. The van der Waals surface area contributed by atoms with Crippen LogP contribution in [0, 0.1) is 0 Å². The van der Waals surface area contributed by atoms with Gasteiger partial charge >= 0.3 is 5.69 Å². The Hall–Kier alpha value is -2.52. The number of halogens is 1. The quantitative estimate of drug-likeness (QED) is 0.423. The van der Waals surface area contributed by atoms with Crippen molar-refractivity contribution >= 4 is 38.0 Å². The van der Waals surface area contributed by atoms with Gasteiger partial charge in [-0.05, 0) is 47.4 Å². The number of aromatic nitrogens is 2. The third-order valence-corrected chi connectivity index (χ3v) is 6.66. The van der Waals surface area contributed by atoms with Gasteiger partial charge in [0.15, 0.2) is 11.2 Å². The van der Waals surface area contributed by atoms with Crippen LogP contribution >= 0.6 is 15.9 Å². The first-order chi connectivity index (χ1) is 15.0. The van der Waals surface area contributed by atoms with Crippen molar-refractivity contribution in [3.8, 4) is 11.3 Å². The number of benzene rings is 2. The van der Waals surface area contributed by atoms with Crippen molar-refractivity contribution in [3.63, 3.8) is 0 Å². The van der Waals surface area contributed by atoms with Crippen LogP contribution in [-0.4, -0.2) is 44.9 Å². The molecule has 4 aromatic rings. The van der Waals surface area contributed by atoms with E-state index in [2.05, 4.69) is 25.8 Å². The average molecular weight is 483 g/mol. The van der Waals surface area contributed by atoms with E-state index in [-0.39, 0.29) is 11.7 Å². The molecule has 2 unspecified atom stereocenters. The Morgan fingerprint density at radius 3 is 2.74 bits per heavy atom. The lowest BCUT2D eigenvalue weighted by Gasteiger charge is -2.26. The fourth-order valence-corrected chi connectivity index (χ4v) is 4.99. The molecule has 1 saturated heterocycles. The zero-order valence-electron chi connectivity index (χ0n) is 16.9. The number of aliphatic hydroxyl groups is 1. The molecule has 0 aliphatic carbocycles. The van der Waals surface area contributed by atoms with Gasteiger partial charge in [-0.15, -0.1) is 0 Å². The number of nitrogens with zero attached hydrogens (tertiary/aromatic N) is 3. The lowest BCUT2D eigenvalue weighted by Crippen LogP contribution is -2.45. The summed E-state index contributed by atoms with van der Waals surface area (Å²) in [5.74, 6) is 0. The number of nitrogens with two attached hydrogens (primary N) is 1. The van der Waals surface area contributed by atoms with Gasteiger partial charge in [0.1, 0.15) is 17.4 Å². The molecule has 31 heavy (non-hydrogen) atoms. The largest absolute Gasteiger partial charge is 0.451 e. The zero-order chi connectivity index (χ0) is 21.5. The van der Waals surface area contributed by atoms with Crippen molar-refractivity contribution in [1.29, 1.82) is 0 Å². The normalized spacial score (nSPS) is 18.2. The molecule has 0 saturated carbocycles. The molecule has 160 valence electrons. The number of rotatable bonds is 5. The van der Waals surface area contributed by atoms with Gasteiger partial charge < -0.3 is 15.3 Å². The summed E-state index contributed by atoms with van der Waals surface area (Å²) < 4.78 is 8.76. The van der Waals surface area contributed by atoms with Crippen molar-refractivity contribution in [2.75, 3.05) is 13.1 Å². The van der Waals surface area contributed by atoms with Crippen molar-refractivity contribution in [1.82, 2.24) is 14.5 Å². The molecule has 1 aliphatic heterocycles. The fraction of sp³-hybridized carbons (Fsp3) is 0.304. The summed E-state index contributed by atoms with van der Waals surface area (Å²) in [5.41, 5.74) is 8.81. The van der Waals surface area contributed by atoms with Crippen LogP contribution in [-0.2, 0) is 6.54 Å². The van der Waals surface area contributed by atoms with Crippen LogP contribution in [0.2, 0.25) is 0 Å². The topological polar surface area (TPSA) is 97.5 Å². The molecule has 0 bridgehead atoms. The number of hydrogen-bond acceptors (Lipinski definition) is 6. The maximum absolute atomic E-state index is 13.2. The predicted octanol–water partition coefficient (Wildman–Crippen LogP) is 3.31. The number of para-hydroxylation sites is 1. The summed E-state index contributed by atoms with van der Waals surface area (Å²) in [7, 11) is 0. The van der Waals surface area contributed by atoms with Crippen LogP contribution < -0.4 is 11.4 Å². The highest BCUT2D eigenvalue weighted by Gasteiger charge is 2.29. The number of furan rings is 1. The Morgan fingerprint density at radius 1 is 1.16 bits per heavy atom. The first kappa shape index (κ1) is 20.4. The first-order valence-electron chi connectivity index (χ1n) is 10.4. The summed E-state index contributed by atoms with van der Waals surface area (Å²) in [4.78, 5) is 19.7. The van der Waals surface area contributed by atoms with Gasteiger partial charge in [-0.1, -0.05) is 36.4 Å². The Morgan fingerprint density at radius 2 is 1.97 bits per heavy atom. The summed E-state index contributed by atoms with van der Waals surface area (Å²) in [6.07, 6.45) is 0.952. The minimum Gasteiger partial charge on any atom is -0.451 e. The molecule has 2 aromatic heterocycles. The second kappa shape index (κ2) is 8.20. The molecule has 5 rings (SSSR count). The molecule has 0 radical (unpaired) electrons. The highest BCUT2D eigenvalue weighted by molar-refractivity contribution is 9.10. The van der Waals surface area contributed by atoms with Crippen LogP contribution in [0.15, 0.2) is 62.2 Å². The Kier molecular flexibility index (Phi) is 5.39. The molecule has 7 nitrogen and oxygen atoms in total. The SMILES string of the molecule is NC(O)C1CCCN1CCn1c(=O)nc(-c2ccccc2)c2oc3c(Br)cccc3c21. The number of hydrogen-bond donors (Lipinski definition) is 2. The molecule has 2 aromatic carbocycles. The summed E-state index contributed by atoms with van der Waals surface area (Å²) in [6, 6.07) is 15.3. The Balaban J connectivity index is 1.67. The Labute approximate surface area is 187 Å². The van der Waals surface area contributed by atoms with Crippen LogP contribution in [0.4, 0.5) is 0 Å². The molecule has 0 amide bonds. The third-order valence-electron chi connectivity index (χ3n) is 6.03. The highest BCUT2D eigenvalue weighted by Crippen LogP contribution is 2.36. The molecule has 2 atom stereocenters. The van der Waals surface area contributed by atoms with Crippen molar-refractivity contribution < 1.29 is 9.52 Å². The van der Waals surface area contributed by atoms with E-state index in [0.29, 0.717) is 29.9 Å². The maximum atomic E-state index is 13.2. The average Bonchev–Trinajstić information content (AvgIpc) is 3.39. The molecule has 3 N–H and O–H groups in total. The highest BCUT2D eigenvalue weighted by atomic mass is 79.9. The first-order valence-corrected chi connectivity index (χ1v) is 11.2. The van der Waals surface area contributed by atoms with Crippen LogP contribution in [0.25, 0.3) is 33.3 Å². The standard InChI is InChI=1S/C23H23BrN4O3/c24-16-9-4-8-15-19-21(31-20(15)16)18(14-6-2-1-3-7-14)26-23(30)28(19)13-12-27-11-5-10-17(27)22(25)29/h1-4,6-9,17,22,29H,5,10-13,25H2. The van der Waals surface area contributed by atoms with Crippen LogP contribution in [0.5, 0.6) is 0 Å². The van der Waals surface area contributed by atoms with Gasteiger partial charge in [0, 0.05) is 30.1 Å². The van der Waals surface area contributed by atoms with Gasteiger partial charge in [0.05, 0.1) is 4.47 Å². The summed E-state index contributed by atoms with van der Waals surface area (Å²) in [5, 5.41) is 10.7. The fourth-order valence-electron chi connectivity index (χ4n) is 4.55. The van der Waals surface area contributed by atoms with Gasteiger partial charge in [0.2, 0.25) is 0 Å². The zero-order valence-corrected chi connectivity index (χ0v) is 18.5. The van der Waals surface area contributed by atoms with E-state index in [1.807, 2.05) is 48.5 Å². The monoisotopic (exact) mass is 482 g/mol. The lowest BCUT2D eigenvalue weighted by molar-refractivity contribution is 0.0760. The number of likely N-dealkylation sites (tertiary alicyclic amines) is 1. The minimum atomic E-state index is -0.886. The second-order valence-corrected chi connectivity index (χ2v) is 8.75. The van der Waals surface area contributed by atoms with E-state index in [0.717, 1.165) is 40.3 Å². The van der Waals surface area contributed by atoms with Crippen molar-refractivity contribution in [2.45, 2.75) is 31.7 Å². The number of aliphatic hydroxyl groups excluding tert-OH is 1. The Bertz CT molecular complexity index is 1300. The van der Waals surface area contributed by atoms with Gasteiger partial charge in [-0.2, -0.15) is 4.98 Å². The van der Waals surface area contributed by atoms with E-state index < -0.39 is 6.23 Å². The molecule has 0 spiro atoms. The van der Waals surface area contributed by atoms with E-state index in [4.69, 9.17) is 10.2 Å². The summed E-state index contributed by atoms with van der Waals surface area (Å²) >= 11 is 3.56. The van der Waals surface area contributed by atoms with E-state index in [1.54, 1.807) is 4.57 Å². The second-order valence-electron chi connectivity index (χ2n) is 7.89. The predicted molar refractivity (Wildman–Crippen MR) is 124 cm³/mol. The summed E-state index contributed by atoms with van der Waals surface area (Å²) in [6.45, 7) is 1.88. The van der Waals surface area contributed by atoms with Crippen LogP contribution in [0.1, 0.15) is 12.8 Å². The molecular weight excluding hydrogens is 460 g/mol. The van der Waals surface area contributed by atoms with Crippen molar-refractivity contribution in [3.05, 3.63) is 63.5 Å². The van der Waals surface area contributed by atoms with E-state index in [1.165, 1.54) is 0 Å².